The molecule has 3 N–H and O–H groups in total. The zero-order chi connectivity index (χ0) is 67.2. The summed E-state index contributed by atoms with van der Waals surface area (Å²) >= 11 is 0. The maximum Gasteiger partial charge on any atom is 0.472 e. The van der Waals surface area contributed by atoms with Crippen LogP contribution in [-0.2, 0) is 65.4 Å². The Morgan fingerprint density at radius 3 is 0.835 bits per heavy atom. The molecule has 0 rings (SSSR count). The van der Waals surface area contributed by atoms with Crippen LogP contribution in [0.25, 0.3) is 0 Å². The van der Waals surface area contributed by atoms with Crippen molar-refractivity contribution < 1.29 is 80.2 Å². The Kier molecular flexibility index (Phi) is 62.7. The van der Waals surface area contributed by atoms with E-state index in [4.69, 9.17) is 37.0 Å². The van der Waals surface area contributed by atoms with Crippen LogP contribution in [0.4, 0.5) is 0 Å². The van der Waals surface area contributed by atoms with Gasteiger partial charge in [0.1, 0.15) is 19.3 Å². The molecule has 3 unspecified atom stereocenters. The van der Waals surface area contributed by atoms with Crippen LogP contribution in [0.1, 0.15) is 369 Å². The summed E-state index contributed by atoms with van der Waals surface area (Å²) in [6.45, 7) is 9.43. The van der Waals surface area contributed by atoms with Gasteiger partial charge in [0.2, 0.25) is 0 Å². The molecule has 19 heteroatoms. The van der Waals surface area contributed by atoms with Crippen molar-refractivity contribution in [2.75, 3.05) is 39.6 Å². The zero-order valence-electron chi connectivity index (χ0n) is 59.1. The summed E-state index contributed by atoms with van der Waals surface area (Å²) in [4.78, 5) is 72.4. The maximum absolute atomic E-state index is 13.0. The second kappa shape index (κ2) is 64.1. The number of hydrogen-bond acceptors (Lipinski definition) is 15. The lowest BCUT2D eigenvalue weighted by Crippen LogP contribution is -2.30. The van der Waals surface area contributed by atoms with E-state index in [1.807, 2.05) is 0 Å². The number of aliphatic hydroxyl groups is 1. The van der Waals surface area contributed by atoms with Crippen LogP contribution in [0.3, 0.4) is 0 Å². The first-order chi connectivity index (χ1) is 43.9. The molecule has 6 atom stereocenters. The van der Waals surface area contributed by atoms with Crippen LogP contribution in [0.2, 0.25) is 0 Å². The third-order valence-electron chi connectivity index (χ3n) is 17.1. The number of ether oxygens (including phenoxy) is 4. The second-order valence-corrected chi connectivity index (χ2v) is 29.6. The van der Waals surface area contributed by atoms with Crippen molar-refractivity contribution in [3.63, 3.8) is 0 Å². The molecule has 0 saturated carbocycles. The molecular weight excluding hydrogens is 1200 g/mol. The lowest BCUT2D eigenvalue weighted by molar-refractivity contribution is -0.161. The standard InChI is InChI=1S/C72H140O17P2/c1-7-10-12-14-16-18-19-20-21-22-23-24-25-26-27-28-29-30-31-37-44-50-56-71(76)88-67(60-83-70(75)55-49-43-36-33-32-34-41-47-53-65(6)9-3)62-86-90(78,79)84-58-66(73)59-85-91(80,81)87-63-68(61-82-69(74)54-48-42-35-17-15-13-11-8-2)89-72(77)57-51-45-39-38-40-46-52-64(4)5/h64-68,73H,7-63H2,1-6H3,(H,78,79)(H,80,81)/t65?,66-,67-,68-/m1/s1. The van der Waals surface area contributed by atoms with Crippen LogP contribution >= 0.6 is 15.6 Å². The Bertz CT molecular complexity index is 1770. The first-order valence-electron chi connectivity index (χ1n) is 37.5. The maximum atomic E-state index is 13.0. The molecule has 0 aliphatic carbocycles. The minimum atomic E-state index is -4.95. The monoisotopic (exact) mass is 1340 g/mol. The molecule has 0 aromatic carbocycles. The average Bonchev–Trinajstić information content (AvgIpc) is 3.50. The van der Waals surface area contributed by atoms with Gasteiger partial charge in [-0.1, -0.05) is 318 Å². The first kappa shape index (κ1) is 89.1. The fourth-order valence-electron chi connectivity index (χ4n) is 10.9. The number of aliphatic hydroxyl groups excluding tert-OH is 1. The molecule has 0 saturated heterocycles. The Labute approximate surface area is 556 Å². The van der Waals surface area contributed by atoms with Crippen molar-refractivity contribution in [1.82, 2.24) is 0 Å². The van der Waals surface area contributed by atoms with Gasteiger partial charge < -0.3 is 33.8 Å². The van der Waals surface area contributed by atoms with Gasteiger partial charge in [0, 0.05) is 25.7 Å². The van der Waals surface area contributed by atoms with Crippen LogP contribution in [-0.4, -0.2) is 96.7 Å². The van der Waals surface area contributed by atoms with Crippen molar-refractivity contribution >= 4 is 39.5 Å². The minimum absolute atomic E-state index is 0.102. The topological polar surface area (TPSA) is 237 Å². The van der Waals surface area contributed by atoms with Gasteiger partial charge >= 0.3 is 39.5 Å². The molecule has 0 aliphatic rings. The molecule has 0 aromatic rings. The normalized spacial score (nSPS) is 14.4. The largest absolute Gasteiger partial charge is 0.472 e. The van der Waals surface area contributed by atoms with Crippen molar-refractivity contribution in [3.05, 3.63) is 0 Å². The van der Waals surface area contributed by atoms with E-state index in [-0.39, 0.29) is 25.7 Å². The summed E-state index contributed by atoms with van der Waals surface area (Å²) in [5.74, 6) is -0.684. The van der Waals surface area contributed by atoms with Crippen molar-refractivity contribution in [2.24, 2.45) is 11.8 Å². The molecule has 91 heavy (non-hydrogen) atoms. The quantitative estimate of drug-likeness (QED) is 0.0222. The summed E-state index contributed by atoms with van der Waals surface area (Å²) in [5, 5.41) is 10.6. The molecule has 0 spiro atoms. The first-order valence-corrected chi connectivity index (χ1v) is 40.5. The van der Waals surface area contributed by atoms with E-state index >= 15 is 0 Å². The molecule has 0 bridgehead atoms. The Balaban J connectivity index is 5.13. The van der Waals surface area contributed by atoms with Crippen molar-refractivity contribution in [3.8, 4) is 0 Å². The lowest BCUT2D eigenvalue weighted by atomic mass is 9.99. The third-order valence-corrected chi connectivity index (χ3v) is 19.0. The SMILES string of the molecule is CCCCCCCCCCCCCCCCCCCCCCCCC(=O)O[C@H](COC(=O)CCCCCCCCCCC(C)CC)COP(=O)(O)OC[C@@H](O)COP(=O)(O)OC[C@@H](COC(=O)CCCCCCCCCC)OC(=O)CCCCCCCCC(C)C. The van der Waals surface area contributed by atoms with Crippen molar-refractivity contribution in [1.29, 1.82) is 0 Å². The average molecular weight is 1340 g/mol. The number of phosphoric acid groups is 2. The Hall–Kier alpha value is -1.94. The van der Waals surface area contributed by atoms with Gasteiger partial charge in [-0.05, 0) is 37.5 Å². The number of hydrogen-bond donors (Lipinski definition) is 3. The lowest BCUT2D eigenvalue weighted by Gasteiger charge is -2.21. The van der Waals surface area contributed by atoms with Gasteiger partial charge in [-0.3, -0.25) is 37.3 Å². The highest BCUT2D eigenvalue weighted by Gasteiger charge is 2.30. The van der Waals surface area contributed by atoms with E-state index in [0.717, 1.165) is 102 Å². The summed E-state index contributed by atoms with van der Waals surface area (Å²) in [6.07, 6.45) is 50.4. The summed E-state index contributed by atoms with van der Waals surface area (Å²) < 4.78 is 68.2. The Morgan fingerprint density at radius 2 is 0.560 bits per heavy atom. The molecular formula is C72H140O17P2. The molecule has 0 amide bonds. The predicted octanol–water partition coefficient (Wildman–Crippen LogP) is 20.8. The van der Waals surface area contributed by atoms with Crippen LogP contribution in [0.15, 0.2) is 0 Å². The van der Waals surface area contributed by atoms with Gasteiger partial charge in [-0.15, -0.1) is 0 Å². The second-order valence-electron chi connectivity index (χ2n) is 26.7. The van der Waals surface area contributed by atoms with Gasteiger partial charge in [-0.2, -0.15) is 0 Å². The van der Waals surface area contributed by atoms with Gasteiger partial charge in [-0.25, -0.2) is 9.13 Å². The fourth-order valence-corrected chi connectivity index (χ4v) is 12.5. The third kappa shape index (κ3) is 65.1. The van der Waals surface area contributed by atoms with Crippen LogP contribution < -0.4 is 0 Å². The molecule has 0 radical (unpaired) electrons. The number of esters is 4. The van der Waals surface area contributed by atoms with Gasteiger partial charge in [0.15, 0.2) is 12.2 Å². The van der Waals surface area contributed by atoms with Crippen LogP contribution in [0, 0.1) is 11.8 Å². The predicted molar refractivity (Wildman–Crippen MR) is 368 cm³/mol. The van der Waals surface area contributed by atoms with E-state index in [0.29, 0.717) is 31.6 Å². The molecule has 0 heterocycles. The number of rotatable bonds is 71. The Morgan fingerprint density at radius 1 is 0.319 bits per heavy atom. The summed E-state index contributed by atoms with van der Waals surface area (Å²) in [5.41, 5.74) is 0. The van der Waals surface area contributed by atoms with E-state index < -0.39 is 97.5 Å². The smallest absolute Gasteiger partial charge is 0.462 e. The van der Waals surface area contributed by atoms with Gasteiger partial charge in [0.05, 0.1) is 26.4 Å². The molecule has 17 nitrogen and oxygen atoms in total. The molecule has 0 aliphatic heterocycles. The molecule has 540 valence electrons. The van der Waals surface area contributed by atoms with E-state index in [1.54, 1.807) is 0 Å². The summed E-state index contributed by atoms with van der Waals surface area (Å²) in [7, 11) is -9.90. The van der Waals surface area contributed by atoms with Gasteiger partial charge in [0.25, 0.3) is 0 Å². The number of unbranched alkanes of at least 4 members (excludes halogenated alkanes) is 40. The highest BCUT2D eigenvalue weighted by molar-refractivity contribution is 7.47. The van der Waals surface area contributed by atoms with Crippen molar-refractivity contribution in [2.45, 2.75) is 387 Å². The van der Waals surface area contributed by atoms with E-state index in [2.05, 4.69) is 41.5 Å². The number of carbonyl (C=O) groups is 4. The summed E-state index contributed by atoms with van der Waals surface area (Å²) in [6, 6.07) is 0. The zero-order valence-corrected chi connectivity index (χ0v) is 60.9. The highest BCUT2D eigenvalue weighted by atomic mass is 31.2. The van der Waals surface area contributed by atoms with E-state index in [9.17, 15) is 43.2 Å². The fraction of sp³-hybridized carbons (Fsp3) is 0.944. The number of carbonyl (C=O) groups excluding carboxylic acids is 4. The minimum Gasteiger partial charge on any atom is -0.462 e. The highest BCUT2D eigenvalue weighted by Crippen LogP contribution is 2.45. The van der Waals surface area contributed by atoms with E-state index in [1.165, 1.54) is 180 Å². The number of phosphoric ester groups is 2. The molecule has 0 aromatic heterocycles. The van der Waals surface area contributed by atoms with Crippen LogP contribution in [0.5, 0.6) is 0 Å². The molecule has 0 fully saturated rings.